The van der Waals surface area contributed by atoms with E-state index in [2.05, 4.69) is 34.6 Å². The summed E-state index contributed by atoms with van der Waals surface area (Å²) in [5.41, 5.74) is 0. The monoisotopic (exact) mass is 250 g/mol. The van der Waals surface area contributed by atoms with Crippen molar-refractivity contribution in [2.45, 2.75) is 46.7 Å². The molecular formula is C16H28NO+. The molecule has 1 aromatic carbocycles. The van der Waals surface area contributed by atoms with Crippen molar-refractivity contribution in [3.8, 4) is 5.75 Å². The van der Waals surface area contributed by atoms with Crippen molar-refractivity contribution in [2.75, 3.05) is 19.7 Å². The topological polar surface area (TPSA) is 9.23 Å². The van der Waals surface area contributed by atoms with Gasteiger partial charge >= 0.3 is 0 Å². The van der Waals surface area contributed by atoms with Crippen LogP contribution in [-0.2, 0) is 0 Å². The molecular weight excluding hydrogens is 222 g/mol. The summed E-state index contributed by atoms with van der Waals surface area (Å²) in [6.45, 7) is 14.5. The summed E-state index contributed by atoms with van der Waals surface area (Å²) < 4.78 is 6.97. The van der Waals surface area contributed by atoms with E-state index in [-0.39, 0.29) is 0 Å². The summed E-state index contributed by atoms with van der Waals surface area (Å²) >= 11 is 0. The molecule has 2 nitrogen and oxygen atoms in total. The molecule has 0 spiro atoms. The number of quaternary nitrogens is 1. The molecule has 18 heavy (non-hydrogen) atoms. The van der Waals surface area contributed by atoms with Crippen LogP contribution in [0.4, 0.5) is 0 Å². The van der Waals surface area contributed by atoms with Gasteiger partial charge in [-0.3, -0.25) is 0 Å². The molecule has 102 valence electrons. The maximum atomic E-state index is 5.85. The maximum absolute atomic E-state index is 5.85. The molecule has 0 fully saturated rings. The van der Waals surface area contributed by atoms with Crippen molar-refractivity contribution in [1.82, 2.24) is 0 Å². The van der Waals surface area contributed by atoms with Crippen LogP contribution in [0.5, 0.6) is 5.75 Å². The van der Waals surface area contributed by atoms with Crippen LogP contribution >= 0.6 is 0 Å². The summed E-state index contributed by atoms with van der Waals surface area (Å²) in [7, 11) is 0. The summed E-state index contributed by atoms with van der Waals surface area (Å²) in [5.74, 6) is 0.971. The smallest absolute Gasteiger partial charge is 0.137 e. The van der Waals surface area contributed by atoms with E-state index in [1.807, 2.05) is 30.3 Å². The second kappa shape index (κ2) is 6.79. The van der Waals surface area contributed by atoms with E-state index < -0.39 is 0 Å². The molecule has 0 amide bonds. The van der Waals surface area contributed by atoms with E-state index in [1.54, 1.807) is 0 Å². The Bertz CT molecular complexity index is 324. The van der Waals surface area contributed by atoms with Crippen LogP contribution in [0.1, 0.15) is 34.6 Å². The molecule has 2 heteroatoms. The number of nitrogens with zero attached hydrogens (tertiary/aromatic N) is 1. The predicted molar refractivity (Wildman–Crippen MR) is 77.9 cm³/mol. The third-order valence-electron chi connectivity index (χ3n) is 4.17. The highest BCUT2D eigenvalue weighted by molar-refractivity contribution is 5.20. The van der Waals surface area contributed by atoms with Crippen molar-refractivity contribution in [1.29, 1.82) is 0 Å². The molecule has 0 aliphatic heterocycles. The van der Waals surface area contributed by atoms with Crippen molar-refractivity contribution < 1.29 is 9.22 Å². The lowest BCUT2D eigenvalue weighted by Gasteiger charge is -2.45. The van der Waals surface area contributed by atoms with Crippen molar-refractivity contribution in [3.63, 3.8) is 0 Å². The summed E-state index contributed by atoms with van der Waals surface area (Å²) in [5, 5.41) is 0. The van der Waals surface area contributed by atoms with Crippen molar-refractivity contribution >= 4 is 0 Å². The summed E-state index contributed by atoms with van der Waals surface area (Å²) in [6.07, 6.45) is 0. The Morgan fingerprint density at radius 3 is 2.00 bits per heavy atom. The SMILES string of the molecule is CC[N+](CCOc1ccccc1)(C(C)C)C(C)C. The fourth-order valence-electron chi connectivity index (χ4n) is 2.85. The molecule has 0 aliphatic rings. The van der Waals surface area contributed by atoms with Gasteiger partial charge in [-0.2, -0.15) is 0 Å². The number of hydrogen-bond acceptors (Lipinski definition) is 1. The Balaban J connectivity index is 2.58. The lowest BCUT2D eigenvalue weighted by Crippen LogP contribution is -2.59. The molecule has 0 unspecified atom stereocenters. The largest absolute Gasteiger partial charge is 0.488 e. The van der Waals surface area contributed by atoms with Crippen molar-refractivity contribution in [2.24, 2.45) is 0 Å². The van der Waals surface area contributed by atoms with E-state index in [1.165, 1.54) is 0 Å². The van der Waals surface area contributed by atoms with Crippen LogP contribution in [0.3, 0.4) is 0 Å². The Labute approximate surface area is 112 Å². The zero-order valence-corrected chi connectivity index (χ0v) is 12.5. The highest BCUT2D eigenvalue weighted by Gasteiger charge is 2.32. The quantitative estimate of drug-likeness (QED) is 0.670. The average Bonchev–Trinajstić information content (AvgIpc) is 2.35. The molecule has 0 saturated carbocycles. The molecule has 0 heterocycles. The first kappa shape index (κ1) is 15.0. The van der Waals surface area contributed by atoms with Crippen LogP contribution in [0.2, 0.25) is 0 Å². The minimum absolute atomic E-state index is 0.634. The minimum atomic E-state index is 0.634. The number of likely N-dealkylation sites (N-methyl/N-ethyl adjacent to an activating group) is 1. The normalized spacial score (nSPS) is 12.2. The molecule has 0 bridgehead atoms. The summed E-state index contributed by atoms with van der Waals surface area (Å²) in [4.78, 5) is 0. The molecule has 1 rings (SSSR count). The lowest BCUT2D eigenvalue weighted by atomic mass is 10.1. The van der Waals surface area contributed by atoms with Gasteiger partial charge in [0, 0.05) is 0 Å². The minimum Gasteiger partial charge on any atom is -0.488 e. The van der Waals surface area contributed by atoms with Gasteiger partial charge in [-0.1, -0.05) is 18.2 Å². The van der Waals surface area contributed by atoms with E-state index in [4.69, 9.17) is 4.74 Å². The van der Waals surface area contributed by atoms with Gasteiger partial charge in [-0.25, -0.2) is 0 Å². The second-order valence-electron chi connectivity index (χ2n) is 5.49. The first-order valence-electron chi connectivity index (χ1n) is 7.07. The maximum Gasteiger partial charge on any atom is 0.137 e. The number of hydrogen-bond donors (Lipinski definition) is 0. The molecule has 0 N–H and O–H groups in total. The van der Waals surface area contributed by atoms with Gasteiger partial charge in [0.2, 0.25) is 0 Å². The van der Waals surface area contributed by atoms with Crippen LogP contribution in [0, 0.1) is 0 Å². The third-order valence-corrected chi connectivity index (χ3v) is 4.17. The molecule has 0 aromatic heterocycles. The number of benzene rings is 1. The fourth-order valence-corrected chi connectivity index (χ4v) is 2.85. The zero-order valence-electron chi connectivity index (χ0n) is 12.5. The Morgan fingerprint density at radius 1 is 1.00 bits per heavy atom. The molecule has 1 aromatic rings. The van der Waals surface area contributed by atoms with Crippen LogP contribution in [0.25, 0.3) is 0 Å². The summed E-state index contributed by atoms with van der Waals surface area (Å²) in [6, 6.07) is 11.4. The van der Waals surface area contributed by atoms with Gasteiger partial charge in [0.15, 0.2) is 0 Å². The molecule has 0 aliphatic carbocycles. The van der Waals surface area contributed by atoms with E-state index in [0.717, 1.165) is 29.9 Å². The highest BCUT2D eigenvalue weighted by Crippen LogP contribution is 2.19. The van der Waals surface area contributed by atoms with Gasteiger partial charge in [0.05, 0.1) is 18.6 Å². The number of para-hydroxylation sites is 1. The highest BCUT2D eigenvalue weighted by atomic mass is 16.5. The second-order valence-corrected chi connectivity index (χ2v) is 5.49. The standard InChI is InChI=1S/C16H28NO/c1-6-17(14(2)3,15(4)5)12-13-18-16-10-8-7-9-11-16/h7-11,14-15H,6,12-13H2,1-5H3/q+1. The third kappa shape index (κ3) is 3.49. The van der Waals surface area contributed by atoms with Gasteiger partial charge < -0.3 is 9.22 Å². The predicted octanol–water partition coefficient (Wildman–Crippen LogP) is 3.72. The van der Waals surface area contributed by atoms with E-state index in [0.29, 0.717) is 12.1 Å². The Hall–Kier alpha value is -1.02. The van der Waals surface area contributed by atoms with E-state index >= 15 is 0 Å². The van der Waals surface area contributed by atoms with Gasteiger partial charge in [-0.05, 0) is 46.8 Å². The lowest BCUT2D eigenvalue weighted by molar-refractivity contribution is -0.965. The van der Waals surface area contributed by atoms with Gasteiger partial charge in [0.1, 0.15) is 18.9 Å². The van der Waals surface area contributed by atoms with Gasteiger partial charge in [0.25, 0.3) is 0 Å². The van der Waals surface area contributed by atoms with Crippen LogP contribution in [0.15, 0.2) is 30.3 Å². The first-order valence-corrected chi connectivity index (χ1v) is 7.07. The van der Waals surface area contributed by atoms with Crippen LogP contribution < -0.4 is 4.74 Å². The number of rotatable bonds is 7. The molecule has 0 radical (unpaired) electrons. The average molecular weight is 250 g/mol. The number of ether oxygens (including phenoxy) is 1. The van der Waals surface area contributed by atoms with Crippen LogP contribution in [-0.4, -0.2) is 36.3 Å². The fraction of sp³-hybridized carbons (Fsp3) is 0.625. The zero-order chi connectivity index (χ0) is 13.6. The van der Waals surface area contributed by atoms with E-state index in [9.17, 15) is 0 Å². The van der Waals surface area contributed by atoms with Crippen molar-refractivity contribution in [3.05, 3.63) is 30.3 Å². The molecule has 0 atom stereocenters. The first-order chi connectivity index (χ1) is 8.53. The Morgan fingerprint density at radius 2 is 1.56 bits per heavy atom. The molecule has 0 saturated heterocycles. The van der Waals surface area contributed by atoms with Gasteiger partial charge in [-0.15, -0.1) is 0 Å². The Kier molecular flexibility index (Phi) is 5.67.